The molecule has 0 heterocycles. The van der Waals surface area contributed by atoms with Gasteiger partial charge in [0, 0.05) is 12.6 Å². The van der Waals surface area contributed by atoms with E-state index in [0.29, 0.717) is 24.2 Å². The first-order chi connectivity index (χ1) is 16.9. The molecule has 0 saturated heterocycles. The third-order valence-corrected chi connectivity index (χ3v) is 7.19. The fourth-order valence-corrected chi connectivity index (χ4v) is 4.66. The van der Waals surface area contributed by atoms with E-state index < -0.39 is 34.3 Å². The number of benzene rings is 2. The Labute approximate surface area is 217 Å². The van der Waals surface area contributed by atoms with Crippen molar-refractivity contribution in [2.45, 2.75) is 52.2 Å². The zero-order valence-electron chi connectivity index (χ0n) is 21.1. The number of hydrogen-bond acceptors (Lipinski definition) is 5. The highest BCUT2D eigenvalue weighted by molar-refractivity contribution is 7.92. The molecule has 198 valence electrons. The average molecular weight is 542 g/mol. The predicted octanol–water partition coefficient (Wildman–Crippen LogP) is 3.98. The molecule has 1 N–H and O–H groups in total. The van der Waals surface area contributed by atoms with Gasteiger partial charge in [-0.15, -0.1) is 0 Å². The van der Waals surface area contributed by atoms with Gasteiger partial charge in [0.2, 0.25) is 21.8 Å². The highest BCUT2D eigenvalue weighted by atomic mass is 35.5. The van der Waals surface area contributed by atoms with Crippen LogP contribution in [0.15, 0.2) is 42.5 Å². The number of nitrogens with zero attached hydrogens (tertiary/aromatic N) is 2. The van der Waals surface area contributed by atoms with Crippen LogP contribution in [-0.4, -0.2) is 57.1 Å². The maximum absolute atomic E-state index is 13.6. The highest BCUT2D eigenvalue weighted by Gasteiger charge is 2.32. The molecule has 0 fully saturated rings. The molecule has 0 aromatic heterocycles. The molecular weight excluding hydrogens is 509 g/mol. The molecule has 8 nitrogen and oxygen atoms in total. The van der Waals surface area contributed by atoms with Crippen LogP contribution in [0.1, 0.15) is 39.2 Å². The van der Waals surface area contributed by atoms with E-state index in [0.717, 1.165) is 10.6 Å². The number of hydrogen-bond donors (Lipinski definition) is 1. The highest BCUT2D eigenvalue weighted by Crippen LogP contribution is 2.30. The number of carbonyl (C=O) groups is 2. The van der Waals surface area contributed by atoms with E-state index >= 15 is 0 Å². The maximum Gasteiger partial charge on any atom is 0.244 e. The van der Waals surface area contributed by atoms with Crippen LogP contribution in [0.5, 0.6) is 5.75 Å². The van der Waals surface area contributed by atoms with Crippen molar-refractivity contribution in [3.63, 3.8) is 0 Å². The van der Waals surface area contributed by atoms with Gasteiger partial charge in [-0.1, -0.05) is 37.6 Å². The first-order valence-electron chi connectivity index (χ1n) is 11.6. The van der Waals surface area contributed by atoms with Crippen molar-refractivity contribution in [1.82, 2.24) is 10.2 Å². The Bertz CT molecular complexity index is 1160. The number of anilines is 1. The Kier molecular flexibility index (Phi) is 10.5. The van der Waals surface area contributed by atoms with Crippen LogP contribution in [-0.2, 0) is 26.2 Å². The minimum atomic E-state index is -3.90. The van der Waals surface area contributed by atoms with Crippen LogP contribution in [0.4, 0.5) is 10.1 Å². The van der Waals surface area contributed by atoms with E-state index in [4.69, 9.17) is 16.3 Å². The Morgan fingerprint density at radius 3 is 2.25 bits per heavy atom. The molecule has 0 bridgehead atoms. The summed E-state index contributed by atoms with van der Waals surface area (Å²) in [5.41, 5.74) is 0.772. The second-order valence-electron chi connectivity index (χ2n) is 8.48. The summed E-state index contributed by atoms with van der Waals surface area (Å²) in [5.74, 6) is -1.02. The second-order valence-corrected chi connectivity index (χ2v) is 10.8. The molecule has 0 saturated carbocycles. The Morgan fingerprint density at radius 2 is 1.75 bits per heavy atom. The minimum absolute atomic E-state index is 0.00742. The van der Waals surface area contributed by atoms with Gasteiger partial charge in [-0.3, -0.25) is 13.9 Å². The molecule has 2 atom stereocenters. The van der Waals surface area contributed by atoms with Crippen molar-refractivity contribution in [1.29, 1.82) is 0 Å². The number of nitrogens with one attached hydrogen (secondary N) is 1. The van der Waals surface area contributed by atoms with E-state index in [1.165, 1.54) is 54.5 Å². The number of ether oxygens (including phenoxy) is 1. The van der Waals surface area contributed by atoms with Crippen molar-refractivity contribution >= 4 is 39.1 Å². The molecular formula is C25H33ClFN3O5S. The van der Waals surface area contributed by atoms with Crippen molar-refractivity contribution < 1.29 is 27.1 Å². The lowest BCUT2D eigenvalue weighted by Gasteiger charge is -2.33. The lowest BCUT2D eigenvalue weighted by molar-refractivity contribution is -0.140. The largest absolute Gasteiger partial charge is 0.495 e. The minimum Gasteiger partial charge on any atom is -0.495 e. The van der Waals surface area contributed by atoms with E-state index in [1.807, 2.05) is 13.8 Å². The topological polar surface area (TPSA) is 96.0 Å². The quantitative estimate of drug-likeness (QED) is 0.438. The number of amides is 2. The van der Waals surface area contributed by atoms with Crippen LogP contribution in [0.25, 0.3) is 0 Å². The van der Waals surface area contributed by atoms with E-state index in [2.05, 4.69) is 5.32 Å². The Morgan fingerprint density at radius 1 is 1.11 bits per heavy atom. The number of rotatable bonds is 12. The lowest BCUT2D eigenvalue weighted by Crippen LogP contribution is -2.53. The summed E-state index contributed by atoms with van der Waals surface area (Å²) in [7, 11) is -2.47. The molecule has 36 heavy (non-hydrogen) atoms. The molecule has 0 aliphatic carbocycles. The molecule has 0 radical (unpaired) electrons. The second kappa shape index (κ2) is 12.9. The monoisotopic (exact) mass is 541 g/mol. The molecule has 0 unspecified atom stereocenters. The van der Waals surface area contributed by atoms with E-state index in [9.17, 15) is 22.4 Å². The molecule has 2 aromatic carbocycles. The van der Waals surface area contributed by atoms with Crippen LogP contribution in [0, 0.1) is 5.82 Å². The zero-order chi connectivity index (χ0) is 27.0. The van der Waals surface area contributed by atoms with Crippen LogP contribution in [0.2, 0.25) is 5.02 Å². The summed E-state index contributed by atoms with van der Waals surface area (Å²) in [6, 6.07) is 8.98. The Balaban J connectivity index is 2.45. The first-order valence-corrected chi connectivity index (χ1v) is 13.8. The predicted molar refractivity (Wildman–Crippen MR) is 139 cm³/mol. The zero-order valence-corrected chi connectivity index (χ0v) is 22.7. The SMILES string of the molecule is CC[C@H](C)NC(=O)[C@H](CC)N(Cc1ccc(F)cc1)C(=O)CN(c1ccc(OC)c(Cl)c1)S(C)(=O)=O. The lowest BCUT2D eigenvalue weighted by atomic mass is 10.1. The fourth-order valence-electron chi connectivity index (χ4n) is 3.57. The summed E-state index contributed by atoms with van der Waals surface area (Å²) < 4.78 is 44.9. The maximum atomic E-state index is 13.6. The van der Waals surface area contributed by atoms with Gasteiger partial charge in [0.25, 0.3) is 0 Å². The van der Waals surface area contributed by atoms with E-state index in [-0.39, 0.29) is 29.2 Å². The number of sulfonamides is 1. The third-order valence-electron chi connectivity index (χ3n) is 5.76. The summed E-state index contributed by atoms with van der Waals surface area (Å²) in [6.07, 6.45) is 1.98. The third kappa shape index (κ3) is 7.83. The van der Waals surface area contributed by atoms with Crippen molar-refractivity contribution in [2.75, 3.05) is 24.2 Å². The van der Waals surface area contributed by atoms with Gasteiger partial charge >= 0.3 is 0 Å². The van der Waals surface area contributed by atoms with Gasteiger partial charge in [0.1, 0.15) is 24.2 Å². The van der Waals surface area contributed by atoms with Gasteiger partial charge in [0.15, 0.2) is 0 Å². The molecule has 2 aromatic rings. The molecule has 2 amide bonds. The van der Waals surface area contributed by atoms with Gasteiger partial charge in [-0.2, -0.15) is 0 Å². The smallest absolute Gasteiger partial charge is 0.244 e. The summed E-state index contributed by atoms with van der Waals surface area (Å²) >= 11 is 6.19. The molecule has 0 aliphatic rings. The number of methoxy groups -OCH3 is 1. The number of carbonyl (C=O) groups excluding carboxylic acids is 2. The van der Waals surface area contributed by atoms with Crippen molar-refractivity contribution in [2.24, 2.45) is 0 Å². The van der Waals surface area contributed by atoms with Crippen molar-refractivity contribution in [3.05, 3.63) is 58.9 Å². The Hall–Kier alpha value is -2.85. The summed E-state index contributed by atoms with van der Waals surface area (Å²) in [6.45, 7) is 4.98. The molecule has 0 aliphatic heterocycles. The first kappa shape index (κ1) is 29.4. The van der Waals surface area contributed by atoms with E-state index in [1.54, 1.807) is 6.92 Å². The van der Waals surface area contributed by atoms with Crippen molar-refractivity contribution in [3.8, 4) is 5.75 Å². The van der Waals surface area contributed by atoms with Crippen LogP contribution in [0.3, 0.4) is 0 Å². The summed E-state index contributed by atoms with van der Waals surface area (Å²) in [4.78, 5) is 28.0. The fraction of sp³-hybridized carbons (Fsp3) is 0.440. The number of halogens is 2. The van der Waals surface area contributed by atoms with Crippen LogP contribution < -0.4 is 14.4 Å². The molecule has 11 heteroatoms. The molecule has 2 rings (SSSR count). The average Bonchev–Trinajstić information content (AvgIpc) is 2.82. The molecule has 0 spiro atoms. The standard InChI is InChI=1S/C25H33ClFN3O5S/c1-6-17(3)28-25(32)22(7-2)29(15-18-8-10-19(27)11-9-18)24(31)16-30(36(5,33)34)20-12-13-23(35-4)21(26)14-20/h8-14,17,22H,6-7,15-16H2,1-5H3,(H,28,32)/t17-,22-/m0/s1. The van der Waals surface area contributed by atoms with Gasteiger partial charge < -0.3 is 15.0 Å². The van der Waals surface area contributed by atoms with Crippen LogP contribution >= 0.6 is 11.6 Å². The van der Waals surface area contributed by atoms with Gasteiger partial charge in [-0.05, 0) is 55.7 Å². The van der Waals surface area contributed by atoms with Gasteiger partial charge in [0.05, 0.1) is 24.1 Å². The summed E-state index contributed by atoms with van der Waals surface area (Å²) in [5, 5.41) is 3.07. The normalized spacial score (nSPS) is 13.0. The van der Waals surface area contributed by atoms with Gasteiger partial charge in [-0.25, -0.2) is 12.8 Å².